The first kappa shape index (κ1) is 15.4. The predicted octanol–water partition coefficient (Wildman–Crippen LogP) is 2.84. The number of aryl methyl sites for hydroxylation is 1. The first-order valence-electron chi connectivity index (χ1n) is 7.00. The third kappa shape index (κ3) is 4.21. The number of ether oxygens (including phenoxy) is 2. The van der Waals surface area contributed by atoms with Crippen molar-refractivity contribution >= 4 is 0 Å². The van der Waals surface area contributed by atoms with Gasteiger partial charge in [0.15, 0.2) is 0 Å². The van der Waals surface area contributed by atoms with Crippen LogP contribution in [-0.2, 0) is 6.42 Å². The number of hydrogen-bond acceptors (Lipinski definition) is 4. The van der Waals surface area contributed by atoms with Gasteiger partial charge in [-0.2, -0.15) is 0 Å². The smallest absolute Gasteiger partial charge is 0.119 e. The molecule has 112 valence electrons. The van der Waals surface area contributed by atoms with Crippen molar-refractivity contribution in [2.24, 2.45) is 5.84 Å². The molecular formula is C17H22N2O2. The molecule has 0 radical (unpaired) electrons. The Morgan fingerprint density at radius 1 is 1.00 bits per heavy atom. The van der Waals surface area contributed by atoms with E-state index in [0.717, 1.165) is 29.9 Å². The molecular weight excluding hydrogens is 264 g/mol. The van der Waals surface area contributed by atoms with E-state index in [4.69, 9.17) is 15.3 Å². The summed E-state index contributed by atoms with van der Waals surface area (Å²) in [6, 6.07) is 16.2. The normalized spacial score (nSPS) is 12.0. The van der Waals surface area contributed by atoms with Crippen LogP contribution in [0.2, 0.25) is 0 Å². The van der Waals surface area contributed by atoms with Crippen molar-refractivity contribution in [3.63, 3.8) is 0 Å². The van der Waals surface area contributed by atoms with Gasteiger partial charge in [-0.3, -0.25) is 11.3 Å². The average molecular weight is 286 g/mol. The molecule has 0 aliphatic heterocycles. The maximum atomic E-state index is 5.70. The fourth-order valence-corrected chi connectivity index (χ4v) is 2.31. The van der Waals surface area contributed by atoms with Crippen molar-refractivity contribution in [3.05, 3.63) is 59.7 Å². The van der Waals surface area contributed by atoms with Crippen LogP contribution in [0.1, 0.15) is 23.6 Å². The van der Waals surface area contributed by atoms with E-state index < -0.39 is 0 Å². The second-order valence-corrected chi connectivity index (χ2v) is 4.88. The Bertz CT molecular complexity index is 555. The van der Waals surface area contributed by atoms with Gasteiger partial charge in [0, 0.05) is 6.04 Å². The lowest BCUT2D eigenvalue weighted by Crippen LogP contribution is -2.28. The molecule has 0 amide bonds. The van der Waals surface area contributed by atoms with Crippen LogP contribution in [0, 0.1) is 0 Å². The number of benzene rings is 2. The molecule has 21 heavy (non-hydrogen) atoms. The van der Waals surface area contributed by atoms with E-state index in [9.17, 15) is 0 Å². The minimum atomic E-state index is 0.0993. The van der Waals surface area contributed by atoms with Crippen LogP contribution in [0.25, 0.3) is 0 Å². The molecule has 0 aliphatic carbocycles. The minimum absolute atomic E-state index is 0.0993. The van der Waals surface area contributed by atoms with Crippen LogP contribution >= 0.6 is 0 Å². The van der Waals surface area contributed by atoms with Crippen LogP contribution in [0.5, 0.6) is 11.5 Å². The summed E-state index contributed by atoms with van der Waals surface area (Å²) in [6.07, 6.45) is 1.85. The Kier molecular flexibility index (Phi) is 5.60. The van der Waals surface area contributed by atoms with Gasteiger partial charge in [0.25, 0.3) is 0 Å². The molecule has 1 atom stereocenters. The van der Waals surface area contributed by atoms with Crippen LogP contribution in [-0.4, -0.2) is 14.2 Å². The monoisotopic (exact) mass is 286 g/mol. The highest BCUT2D eigenvalue weighted by molar-refractivity contribution is 5.31. The molecule has 2 rings (SSSR count). The van der Waals surface area contributed by atoms with E-state index in [-0.39, 0.29) is 6.04 Å². The van der Waals surface area contributed by atoms with Gasteiger partial charge in [0.05, 0.1) is 14.2 Å². The Morgan fingerprint density at radius 3 is 2.33 bits per heavy atom. The zero-order chi connectivity index (χ0) is 15.1. The number of nitrogens with two attached hydrogens (primary N) is 1. The predicted molar refractivity (Wildman–Crippen MR) is 84.4 cm³/mol. The number of hydrazine groups is 1. The Balaban J connectivity index is 2.01. The van der Waals surface area contributed by atoms with Crippen LogP contribution < -0.4 is 20.7 Å². The molecule has 0 aliphatic rings. The largest absolute Gasteiger partial charge is 0.497 e. The van der Waals surface area contributed by atoms with E-state index in [0.29, 0.717) is 0 Å². The summed E-state index contributed by atoms with van der Waals surface area (Å²) in [5, 5.41) is 0. The molecule has 3 N–H and O–H groups in total. The zero-order valence-electron chi connectivity index (χ0n) is 12.5. The van der Waals surface area contributed by atoms with E-state index in [2.05, 4.69) is 23.6 Å². The fourth-order valence-electron chi connectivity index (χ4n) is 2.31. The van der Waals surface area contributed by atoms with Gasteiger partial charge in [-0.15, -0.1) is 0 Å². The fraction of sp³-hybridized carbons (Fsp3) is 0.294. The van der Waals surface area contributed by atoms with Gasteiger partial charge >= 0.3 is 0 Å². The number of nitrogens with one attached hydrogen (secondary N) is 1. The van der Waals surface area contributed by atoms with E-state index >= 15 is 0 Å². The standard InChI is InChI=1S/C17H22N2O2/c1-20-15-9-6-13(7-10-15)8-11-17(19-18)14-4-3-5-16(12-14)21-2/h3-7,9-10,12,17,19H,8,11,18H2,1-2H3. The van der Waals surface area contributed by atoms with Gasteiger partial charge in [0.2, 0.25) is 0 Å². The van der Waals surface area contributed by atoms with Gasteiger partial charge in [-0.1, -0.05) is 24.3 Å². The number of methoxy groups -OCH3 is 2. The lowest BCUT2D eigenvalue weighted by atomic mass is 9.99. The lowest BCUT2D eigenvalue weighted by molar-refractivity contribution is 0.412. The van der Waals surface area contributed by atoms with Crippen molar-refractivity contribution in [2.75, 3.05) is 14.2 Å². The molecule has 4 heteroatoms. The van der Waals surface area contributed by atoms with Crippen molar-refractivity contribution in [2.45, 2.75) is 18.9 Å². The lowest BCUT2D eigenvalue weighted by Gasteiger charge is -2.17. The third-order valence-corrected chi connectivity index (χ3v) is 3.58. The molecule has 0 aromatic heterocycles. The maximum Gasteiger partial charge on any atom is 0.119 e. The molecule has 0 saturated heterocycles. The summed E-state index contributed by atoms with van der Waals surface area (Å²) in [6.45, 7) is 0. The molecule has 0 fully saturated rings. The molecule has 0 saturated carbocycles. The second-order valence-electron chi connectivity index (χ2n) is 4.88. The van der Waals surface area contributed by atoms with E-state index in [1.165, 1.54) is 5.56 Å². The molecule has 2 aromatic carbocycles. The molecule has 0 bridgehead atoms. The Hall–Kier alpha value is -2.04. The zero-order valence-corrected chi connectivity index (χ0v) is 12.5. The van der Waals surface area contributed by atoms with E-state index in [1.54, 1.807) is 14.2 Å². The number of hydrogen-bond donors (Lipinski definition) is 2. The van der Waals surface area contributed by atoms with Gasteiger partial charge in [0.1, 0.15) is 11.5 Å². The molecule has 0 spiro atoms. The minimum Gasteiger partial charge on any atom is -0.497 e. The van der Waals surface area contributed by atoms with Crippen LogP contribution in [0.3, 0.4) is 0 Å². The molecule has 0 heterocycles. The van der Waals surface area contributed by atoms with Crippen molar-refractivity contribution in [1.82, 2.24) is 5.43 Å². The summed E-state index contributed by atoms with van der Waals surface area (Å²) in [4.78, 5) is 0. The van der Waals surface area contributed by atoms with Gasteiger partial charge < -0.3 is 9.47 Å². The summed E-state index contributed by atoms with van der Waals surface area (Å²) >= 11 is 0. The Labute approximate surface area is 125 Å². The molecule has 4 nitrogen and oxygen atoms in total. The highest BCUT2D eigenvalue weighted by Gasteiger charge is 2.10. The third-order valence-electron chi connectivity index (χ3n) is 3.58. The first-order chi connectivity index (χ1) is 10.3. The van der Waals surface area contributed by atoms with Crippen molar-refractivity contribution in [3.8, 4) is 11.5 Å². The van der Waals surface area contributed by atoms with Crippen molar-refractivity contribution in [1.29, 1.82) is 0 Å². The van der Waals surface area contributed by atoms with Crippen LogP contribution in [0.4, 0.5) is 0 Å². The molecule has 1 unspecified atom stereocenters. The maximum absolute atomic E-state index is 5.70. The van der Waals surface area contributed by atoms with Crippen LogP contribution in [0.15, 0.2) is 48.5 Å². The van der Waals surface area contributed by atoms with E-state index in [1.807, 2.05) is 30.3 Å². The Morgan fingerprint density at radius 2 is 1.71 bits per heavy atom. The average Bonchev–Trinajstić information content (AvgIpc) is 2.56. The van der Waals surface area contributed by atoms with Gasteiger partial charge in [-0.25, -0.2) is 0 Å². The highest BCUT2D eigenvalue weighted by atomic mass is 16.5. The summed E-state index contributed by atoms with van der Waals surface area (Å²) in [5.74, 6) is 7.41. The SMILES string of the molecule is COc1ccc(CCC(NN)c2cccc(OC)c2)cc1. The molecule has 2 aromatic rings. The number of rotatable bonds is 7. The first-order valence-corrected chi connectivity index (χ1v) is 7.00. The summed E-state index contributed by atoms with van der Waals surface area (Å²) in [7, 11) is 3.34. The summed E-state index contributed by atoms with van der Waals surface area (Å²) in [5.41, 5.74) is 5.28. The van der Waals surface area contributed by atoms with Crippen molar-refractivity contribution < 1.29 is 9.47 Å². The second kappa shape index (κ2) is 7.67. The topological polar surface area (TPSA) is 56.5 Å². The van der Waals surface area contributed by atoms with Gasteiger partial charge in [-0.05, 0) is 48.2 Å². The summed E-state index contributed by atoms with van der Waals surface area (Å²) < 4.78 is 10.4. The quantitative estimate of drug-likeness (QED) is 0.607. The highest BCUT2D eigenvalue weighted by Crippen LogP contribution is 2.23.